The minimum atomic E-state index is 0.352. The summed E-state index contributed by atoms with van der Waals surface area (Å²) in [6, 6.07) is 8.22. The second kappa shape index (κ2) is 6.76. The van der Waals surface area contributed by atoms with Gasteiger partial charge in [-0.3, -0.25) is 4.90 Å². The summed E-state index contributed by atoms with van der Waals surface area (Å²) in [5, 5.41) is 12.7. The van der Waals surface area contributed by atoms with Crippen LogP contribution < -0.4 is 5.32 Å². The Labute approximate surface area is 110 Å². The van der Waals surface area contributed by atoms with Crippen molar-refractivity contribution in [1.82, 2.24) is 10.2 Å². The summed E-state index contributed by atoms with van der Waals surface area (Å²) in [6.45, 7) is 6.97. The molecule has 3 nitrogen and oxygen atoms in total. The average molecular weight is 248 g/mol. The summed E-state index contributed by atoms with van der Waals surface area (Å²) in [4.78, 5) is 2.58. The van der Waals surface area contributed by atoms with Gasteiger partial charge in [0.15, 0.2) is 0 Å². The van der Waals surface area contributed by atoms with Crippen LogP contribution in [0.2, 0.25) is 0 Å². The fourth-order valence-electron chi connectivity index (χ4n) is 2.53. The third kappa shape index (κ3) is 4.00. The van der Waals surface area contributed by atoms with Crippen molar-refractivity contribution in [3.05, 3.63) is 29.8 Å². The minimum absolute atomic E-state index is 0.352. The number of aromatic hydroxyl groups is 1. The Bertz CT molecular complexity index is 342. The lowest BCUT2D eigenvalue weighted by atomic mass is 10.0. The van der Waals surface area contributed by atoms with Gasteiger partial charge in [0.05, 0.1) is 0 Å². The second-order valence-corrected chi connectivity index (χ2v) is 5.19. The largest absolute Gasteiger partial charge is 0.508 e. The Hall–Kier alpha value is -1.06. The van der Waals surface area contributed by atoms with Gasteiger partial charge in [0.2, 0.25) is 0 Å². The molecule has 0 radical (unpaired) electrons. The van der Waals surface area contributed by atoms with Crippen LogP contribution in [0.25, 0.3) is 0 Å². The van der Waals surface area contributed by atoms with Gasteiger partial charge in [0, 0.05) is 19.1 Å². The number of phenolic OH excluding ortho intramolecular Hbond substituents is 1. The summed E-state index contributed by atoms with van der Waals surface area (Å²) < 4.78 is 0. The highest BCUT2D eigenvalue weighted by Gasteiger charge is 2.14. The molecule has 1 aliphatic heterocycles. The Morgan fingerprint density at radius 1 is 1.22 bits per heavy atom. The van der Waals surface area contributed by atoms with E-state index in [0.29, 0.717) is 11.8 Å². The monoisotopic (exact) mass is 248 g/mol. The Morgan fingerprint density at radius 3 is 2.78 bits per heavy atom. The van der Waals surface area contributed by atoms with E-state index in [4.69, 9.17) is 0 Å². The van der Waals surface area contributed by atoms with Crippen molar-refractivity contribution < 1.29 is 5.11 Å². The van der Waals surface area contributed by atoms with Crippen molar-refractivity contribution in [2.75, 3.05) is 26.2 Å². The number of nitrogens with one attached hydrogen (secondary N) is 1. The van der Waals surface area contributed by atoms with Crippen molar-refractivity contribution in [1.29, 1.82) is 0 Å². The van der Waals surface area contributed by atoms with Crippen molar-refractivity contribution in [3.8, 4) is 5.75 Å². The molecule has 3 heteroatoms. The molecule has 0 spiro atoms. The average Bonchev–Trinajstić information content (AvgIpc) is 2.66. The van der Waals surface area contributed by atoms with Crippen LogP contribution >= 0.6 is 0 Å². The molecule has 1 atom stereocenters. The zero-order valence-electron chi connectivity index (χ0n) is 11.2. The van der Waals surface area contributed by atoms with Crippen LogP contribution in [0.15, 0.2) is 24.3 Å². The normalized spacial score (nSPS) is 19.4. The first-order valence-electron chi connectivity index (χ1n) is 6.98. The molecule has 1 heterocycles. The molecule has 1 saturated heterocycles. The molecule has 1 unspecified atom stereocenters. The Balaban J connectivity index is 1.79. The molecular formula is C15H24N2O. The van der Waals surface area contributed by atoms with E-state index in [-0.39, 0.29) is 0 Å². The molecule has 1 aromatic carbocycles. The van der Waals surface area contributed by atoms with Gasteiger partial charge in [0.1, 0.15) is 5.75 Å². The first-order valence-corrected chi connectivity index (χ1v) is 6.98. The maximum absolute atomic E-state index is 9.25. The van der Waals surface area contributed by atoms with Gasteiger partial charge in [-0.25, -0.2) is 0 Å². The zero-order chi connectivity index (χ0) is 12.8. The molecule has 0 aromatic heterocycles. The number of hydrogen-bond donors (Lipinski definition) is 2. The molecule has 0 bridgehead atoms. The zero-order valence-corrected chi connectivity index (χ0v) is 11.2. The third-order valence-electron chi connectivity index (χ3n) is 3.79. The lowest BCUT2D eigenvalue weighted by Gasteiger charge is -2.27. The lowest BCUT2D eigenvalue weighted by Crippen LogP contribution is -2.36. The Kier molecular flexibility index (Phi) is 5.02. The van der Waals surface area contributed by atoms with Crippen LogP contribution in [0.1, 0.15) is 25.3 Å². The molecule has 0 saturated carbocycles. The van der Waals surface area contributed by atoms with E-state index >= 15 is 0 Å². The van der Waals surface area contributed by atoms with Gasteiger partial charge < -0.3 is 10.4 Å². The predicted octanol–water partition coefficient (Wildman–Crippen LogP) is 2.01. The van der Waals surface area contributed by atoms with Crippen LogP contribution in [0.4, 0.5) is 0 Å². The first-order chi connectivity index (χ1) is 8.75. The van der Waals surface area contributed by atoms with Crippen molar-refractivity contribution in [3.63, 3.8) is 0 Å². The molecular weight excluding hydrogens is 224 g/mol. The van der Waals surface area contributed by atoms with Crippen LogP contribution in [0, 0.1) is 0 Å². The molecule has 1 aliphatic rings. The number of hydrogen-bond acceptors (Lipinski definition) is 3. The van der Waals surface area contributed by atoms with E-state index in [0.717, 1.165) is 26.1 Å². The molecule has 2 N–H and O–H groups in total. The van der Waals surface area contributed by atoms with Gasteiger partial charge >= 0.3 is 0 Å². The number of phenols is 1. The highest BCUT2D eigenvalue weighted by molar-refractivity contribution is 5.25. The number of nitrogens with zero attached hydrogens (tertiary/aromatic N) is 1. The second-order valence-electron chi connectivity index (χ2n) is 5.19. The number of aryl methyl sites for hydroxylation is 1. The summed E-state index contributed by atoms with van der Waals surface area (Å²) in [5.41, 5.74) is 1.31. The number of benzene rings is 1. The van der Waals surface area contributed by atoms with E-state index in [1.165, 1.54) is 24.9 Å². The number of rotatable bonds is 4. The molecule has 0 amide bonds. The van der Waals surface area contributed by atoms with E-state index in [2.05, 4.69) is 17.1 Å². The van der Waals surface area contributed by atoms with Crippen LogP contribution in [0.3, 0.4) is 0 Å². The minimum Gasteiger partial charge on any atom is -0.508 e. The van der Waals surface area contributed by atoms with E-state index in [1.807, 2.05) is 12.1 Å². The van der Waals surface area contributed by atoms with E-state index in [9.17, 15) is 5.11 Å². The van der Waals surface area contributed by atoms with Crippen molar-refractivity contribution in [2.24, 2.45) is 0 Å². The molecule has 100 valence electrons. The van der Waals surface area contributed by atoms with Gasteiger partial charge in [-0.15, -0.1) is 0 Å². The lowest BCUT2D eigenvalue weighted by molar-refractivity contribution is 0.213. The summed E-state index contributed by atoms with van der Waals surface area (Å²) in [7, 11) is 0. The predicted molar refractivity (Wildman–Crippen MR) is 74.9 cm³/mol. The molecule has 2 rings (SSSR count). The van der Waals surface area contributed by atoms with Crippen LogP contribution in [0.5, 0.6) is 5.75 Å². The molecule has 18 heavy (non-hydrogen) atoms. The topological polar surface area (TPSA) is 35.5 Å². The summed E-state index contributed by atoms with van der Waals surface area (Å²) in [5.74, 6) is 0.352. The van der Waals surface area contributed by atoms with Crippen LogP contribution in [-0.4, -0.2) is 42.2 Å². The summed E-state index contributed by atoms with van der Waals surface area (Å²) in [6.07, 6.45) is 3.53. The maximum atomic E-state index is 9.25. The molecule has 0 aliphatic carbocycles. The maximum Gasteiger partial charge on any atom is 0.115 e. The van der Waals surface area contributed by atoms with Gasteiger partial charge in [0.25, 0.3) is 0 Å². The van der Waals surface area contributed by atoms with E-state index in [1.54, 1.807) is 12.1 Å². The smallest absolute Gasteiger partial charge is 0.115 e. The van der Waals surface area contributed by atoms with Crippen molar-refractivity contribution >= 4 is 0 Å². The fraction of sp³-hybridized carbons (Fsp3) is 0.600. The van der Waals surface area contributed by atoms with Crippen LogP contribution in [-0.2, 0) is 6.42 Å². The summed E-state index contributed by atoms with van der Waals surface area (Å²) >= 11 is 0. The highest BCUT2D eigenvalue weighted by atomic mass is 16.3. The Morgan fingerprint density at radius 2 is 2.00 bits per heavy atom. The molecule has 1 aromatic rings. The highest BCUT2D eigenvalue weighted by Crippen LogP contribution is 2.14. The standard InChI is InChI=1S/C15H24N2O/c1-13(17-11-2-9-16-10-12-17)3-4-14-5-7-15(18)8-6-14/h5-8,13,16,18H,2-4,9-12H2,1H3. The SMILES string of the molecule is CC(CCc1ccc(O)cc1)N1CCCNCC1. The fourth-order valence-corrected chi connectivity index (χ4v) is 2.53. The first kappa shape index (κ1) is 13.4. The third-order valence-corrected chi connectivity index (χ3v) is 3.79. The van der Waals surface area contributed by atoms with Gasteiger partial charge in [-0.2, -0.15) is 0 Å². The van der Waals surface area contributed by atoms with Gasteiger partial charge in [-0.05, 0) is 57.0 Å². The van der Waals surface area contributed by atoms with E-state index < -0.39 is 0 Å². The molecule has 1 fully saturated rings. The van der Waals surface area contributed by atoms with Gasteiger partial charge in [-0.1, -0.05) is 12.1 Å². The quantitative estimate of drug-likeness (QED) is 0.855. The van der Waals surface area contributed by atoms with Crippen molar-refractivity contribution in [2.45, 2.75) is 32.2 Å².